The van der Waals surface area contributed by atoms with Crippen molar-refractivity contribution in [2.75, 3.05) is 0 Å². The molecule has 0 unspecified atom stereocenters. The Bertz CT molecular complexity index is 1790. The van der Waals surface area contributed by atoms with E-state index < -0.39 is 57.9 Å². The summed E-state index contributed by atoms with van der Waals surface area (Å²) in [6.45, 7) is 0. The van der Waals surface area contributed by atoms with E-state index in [2.05, 4.69) is 0 Å². The second kappa shape index (κ2) is 9.67. The van der Waals surface area contributed by atoms with E-state index >= 15 is 0 Å². The van der Waals surface area contributed by atoms with Crippen molar-refractivity contribution in [2.45, 2.75) is 24.7 Å². The number of fused-ring (bicyclic) bond motifs is 3. The van der Waals surface area contributed by atoms with Gasteiger partial charge >= 0.3 is 24.7 Å². The lowest BCUT2D eigenvalue weighted by Crippen LogP contribution is -2.08. The van der Waals surface area contributed by atoms with Crippen molar-refractivity contribution in [3.63, 3.8) is 0 Å². The molecule has 12 heteroatoms. The number of benzene rings is 5. The summed E-state index contributed by atoms with van der Waals surface area (Å²) in [5, 5.41) is -1.02. The van der Waals surface area contributed by atoms with Crippen LogP contribution < -0.4 is 0 Å². The van der Waals surface area contributed by atoms with Gasteiger partial charge in [-0.25, -0.2) is 0 Å². The van der Waals surface area contributed by atoms with Crippen LogP contribution in [0.4, 0.5) is 52.7 Å². The van der Waals surface area contributed by atoms with Crippen molar-refractivity contribution in [3.05, 3.63) is 107 Å². The summed E-state index contributed by atoms with van der Waals surface area (Å²) in [4.78, 5) is 0. The van der Waals surface area contributed by atoms with Gasteiger partial charge in [0.15, 0.2) is 0 Å². The maximum Gasteiger partial charge on any atom is 0.417 e. The highest BCUT2D eigenvalue weighted by molar-refractivity contribution is 6.22. The van der Waals surface area contributed by atoms with E-state index in [9.17, 15) is 52.7 Å². The summed E-state index contributed by atoms with van der Waals surface area (Å²) in [5.74, 6) is 0. The molecule has 0 nitrogen and oxygen atoms in total. The van der Waals surface area contributed by atoms with Gasteiger partial charge < -0.3 is 0 Å². The zero-order valence-electron chi connectivity index (χ0n) is 20.6. The first-order valence-corrected chi connectivity index (χ1v) is 11.9. The summed E-state index contributed by atoms with van der Waals surface area (Å²) >= 11 is 0. The van der Waals surface area contributed by atoms with Crippen molar-refractivity contribution in [2.24, 2.45) is 0 Å². The van der Waals surface area contributed by atoms with Crippen molar-refractivity contribution >= 4 is 21.5 Å². The normalized spacial score (nSPS) is 13.2. The van der Waals surface area contributed by atoms with Gasteiger partial charge in [-0.2, -0.15) is 52.7 Å². The Morgan fingerprint density at radius 2 is 0.810 bits per heavy atom. The van der Waals surface area contributed by atoms with Gasteiger partial charge in [0.1, 0.15) is 0 Å². The van der Waals surface area contributed by atoms with Crippen LogP contribution in [-0.4, -0.2) is 0 Å². The highest BCUT2D eigenvalue weighted by Gasteiger charge is 2.37. The second-order valence-corrected chi connectivity index (χ2v) is 9.38. The Labute approximate surface area is 228 Å². The first-order chi connectivity index (χ1) is 19.4. The van der Waals surface area contributed by atoms with Crippen LogP contribution in [0.1, 0.15) is 22.3 Å². The molecule has 5 aromatic carbocycles. The largest absolute Gasteiger partial charge is 0.417 e. The molecular formula is C30H14F12. The summed E-state index contributed by atoms with van der Waals surface area (Å²) in [6.07, 6.45) is -19.5. The van der Waals surface area contributed by atoms with Gasteiger partial charge in [0.05, 0.1) is 22.3 Å². The predicted octanol–water partition coefficient (Wildman–Crippen LogP) is 11.4. The van der Waals surface area contributed by atoms with Crippen LogP contribution in [0.2, 0.25) is 0 Å². The molecule has 0 fully saturated rings. The van der Waals surface area contributed by atoms with Gasteiger partial charge in [-0.05, 0) is 80.9 Å². The molecule has 0 aliphatic rings. The monoisotopic (exact) mass is 602 g/mol. The fourth-order valence-electron chi connectivity index (χ4n) is 4.94. The standard InChI is InChI=1S/C30H14F12/c31-27(32,33)17-8-4-15(5-9-17)24-22-14-19(29(37,38)39)12-13-20(22)21-2-1-3-23(30(40,41)42)26(21)25(24)16-6-10-18(11-7-16)28(34,35)36/h1-14H. The molecule has 42 heavy (non-hydrogen) atoms. The summed E-state index contributed by atoms with van der Waals surface area (Å²) < 4.78 is 164. The molecule has 0 saturated carbocycles. The first kappa shape index (κ1) is 29.3. The molecule has 0 heterocycles. The third kappa shape index (κ3) is 5.25. The van der Waals surface area contributed by atoms with Gasteiger partial charge in [-0.15, -0.1) is 0 Å². The van der Waals surface area contributed by atoms with Crippen LogP contribution in [0.3, 0.4) is 0 Å². The summed E-state index contributed by atoms with van der Waals surface area (Å²) in [6, 6.07) is 11.2. The molecule has 0 bridgehead atoms. The van der Waals surface area contributed by atoms with Gasteiger partial charge in [0, 0.05) is 5.39 Å². The molecule has 5 aromatic rings. The van der Waals surface area contributed by atoms with Crippen LogP contribution in [0.25, 0.3) is 43.8 Å². The molecule has 218 valence electrons. The molecule has 0 aliphatic heterocycles. The molecular weight excluding hydrogens is 588 g/mol. The minimum Gasteiger partial charge on any atom is -0.166 e. The van der Waals surface area contributed by atoms with Crippen LogP contribution in [0.15, 0.2) is 84.9 Å². The van der Waals surface area contributed by atoms with Crippen molar-refractivity contribution in [1.82, 2.24) is 0 Å². The summed E-state index contributed by atoms with van der Waals surface area (Å²) in [7, 11) is 0. The lowest BCUT2D eigenvalue weighted by atomic mass is 9.82. The van der Waals surface area contributed by atoms with Crippen LogP contribution in [0, 0.1) is 0 Å². The summed E-state index contributed by atoms with van der Waals surface area (Å²) in [5.41, 5.74) is -5.79. The average Bonchev–Trinajstić information content (AvgIpc) is 2.90. The molecule has 0 radical (unpaired) electrons. The first-order valence-electron chi connectivity index (χ1n) is 11.9. The lowest BCUT2D eigenvalue weighted by Gasteiger charge is -2.22. The zero-order chi connectivity index (χ0) is 30.8. The Hall–Kier alpha value is -4.22. The topological polar surface area (TPSA) is 0 Å². The Balaban J connectivity index is 2.02. The number of rotatable bonds is 2. The number of halogens is 12. The van der Waals surface area contributed by atoms with Crippen molar-refractivity contribution in [3.8, 4) is 22.3 Å². The number of hydrogen-bond donors (Lipinski definition) is 0. The van der Waals surface area contributed by atoms with E-state index in [0.717, 1.165) is 36.4 Å². The number of alkyl halides is 12. The van der Waals surface area contributed by atoms with E-state index in [-0.39, 0.29) is 32.8 Å². The SMILES string of the molecule is FC(F)(F)c1ccc(-c2c(-c3ccc(C(F)(F)F)cc3)c3c(C(F)(F)F)cccc3c3ccc(C(F)(F)F)cc23)cc1. The molecule has 0 aliphatic carbocycles. The minimum absolute atomic E-state index is 0.0744. The van der Waals surface area contributed by atoms with E-state index in [1.807, 2.05) is 0 Å². The highest BCUT2D eigenvalue weighted by Crippen LogP contribution is 2.50. The van der Waals surface area contributed by atoms with Gasteiger partial charge in [-0.3, -0.25) is 0 Å². The van der Waals surface area contributed by atoms with Crippen molar-refractivity contribution < 1.29 is 52.7 Å². The smallest absolute Gasteiger partial charge is 0.166 e. The van der Waals surface area contributed by atoms with E-state index in [0.29, 0.717) is 42.5 Å². The molecule has 0 aromatic heterocycles. The Morgan fingerprint density at radius 1 is 0.357 bits per heavy atom. The maximum atomic E-state index is 14.4. The van der Waals surface area contributed by atoms with Gasteiger partial charge in [0.25, 0.3) is 0 Å². The van der Waals surface area contributed by atoms with Crippen molar-refractivity contribution in [1.29, 1.82) is 0 Å². The Kier molecular flexibility index (Phi) is 6.74. The molecule has 0 amide bonds. The zero-order valence-corrected chi connectivity index (χ0v) is 20.6. The van der Waals surface area contributed by atoms with Gasteiger partial charge in [0.2, 0.25) is 0 Å². The lowest BCUT2D eigenvalue weighted by molar-refractivity contribution is -0.138. The van der Waals surface area contributed by atoms with Gasteiger partial charge in [-0.1, -0.05) is 42.5 Å². The van der Waals surface area contributed by atoms with Crippen LogP contribution in [0.5, 0.6) is 0 Å². The maximum absolute atomic E-state index is 14.4. The molecule has 0 saturated heterocycles. The molecule has 5 rings (SSSR count). The fraction of sp³-hybridized carbons (Fsp3) is 0.133. The quantitative estimate of drug-likeness (QED) is 0.139. The van der Waals surface area contributed by atoms with E-state index in [4.69, 9.17) is 0 Å². The predicted molar refractivity (Wildman–Crippen MR) is 132 cm³/mol. The molecule has 0 N–H and O–H groups in total. The third-order valence-corrected chi connectivity index (χ3v) is 6.78. The second-order valence-electron chi connectivity index (χ2n) is 9.38. The molecule has 0 spiro atoms. The van der Waals surface area contributed by atoms with E-state index in [1.165, 1.54) is 6.07 Å². The number of hydrogen-bond acceptors (Lipinski definition) is 0. The highest BCUT2D eigenvalue weighted by atomic mass is 19.4. The average molecular weight is 602 g/mol. The third-order valence-electron chi connectivity index (χ3n) is 6.78. The Morgan fingerprint density at radius 3 is 1.26 bits per heavy atom. The minimum atomic E-state index is -5.02. The fourth-order valence-corrected chi connectivity index (χ4v) is 4.94. The van der Waals surface area contributed by atoms with E-state index in [1.54, 1.807) is 0 Å². The van der Waals surface area contributed by atoms with Crippen LogP contribution >= 0.6 is 0 Å². The molecule has 0 atom stereocenters. The van der Waals surface area contributed by atoms with Crippen LogP contribution in [-0.2, 0) is 24.7 Å².